The Hall–Kier alpha value is -1.84. The van der Waals surface area contributed by atoms with E-state index in [1.807, 2.05) is 11.3 Å². The molecule has 4 nitrogen and oxygen atoms in total. The number of rotatable bonds is 2. The summed E-state index contributed by atoms with van der Waals surface area (Å²) < 4.78 is 6.77. The van der Waals surface area contributed by atoms with Crippen LogP contribution in [0.3, 0.4) is 0 Å². The number of carbonyl (C=O) groups excluding carboxylic acids is 1. The van der Waals surface area contributed by atoms with E-state index in [1.165, 1.54) is 12.7 Å². The van der Waals surface area contributed by atoms with Crippen molar-refractivity contribution < 1.29 is 9.53 Å². The van der Waals surface area contributed by atoms with Gasteiger partial charge in [-0.2, -0.15) is 0 Å². The number of aryl methyl sites for hydroxylation is 1. The SMILES string of the molecule is COC(=O)Cc1cnc2c(C(C)(C)C)ccc(C)n12. The Balaban J connectivity index is 2.62. The van der Waals surface area contributed by atoms with Crippen LogP contribution >= 0.6 is 0 Å². The summed E-state index contributed by atoms with van der Waals surface area (Å²) >= 11 is 0. The minimum absolute atomic E-state index is 0.0167. The molecule has 0 spiro atoms. The van der Waals surface area contributed by atoms with Crippen molar-refractivity contribution in [1.29, 1.82) is 0 Å². The third-order valence-corrected chi connectivity index (χ3v) is 3.28. The van der Waals surface area contributed by atoms with Gasteiger partial charge in [-0.15, -0.1) is 0 Å². The minimum Gasteiger partial charge on any atom is -0.469 e. The number of aromatic nitrogens is 2. The molecule has 0 amide bonds. The van der Waals surface area contributed by atoms with Crippen LogP contribution in [0.5, 0.6) is 0 Å². The van der Waals surface area contributed by atoms with E-state index in [0.717, 1.165) is 17.0 Å². The Morgan fingerprint density at radius 2 is 2.05 bits per heavy atom. The Morgan fingerprint density at radius 3 is 2.63 bits per heavy atom. The van der Waals surface area contributed by atoms with Crippen molar-refractivity contribution >= 4 is 11.6 Å². The van der Waals surface area contributed by atoms with Crippen LogP contribution in [-0.4, -0.2) is 22.5 Å². The molecule has 0 atom stereocenters. The van der Waals surface area contributed by atoms with Crippen LogP contribution in [0.15, 0.2) is 18.3 Å². The number of hydrogen-bond donors (Lipinski definition) is 0. The number of imidazole rings is 1. The van der Waals surface area contributed by atoms with E-state index in [9.17, 15) is 4.79 Å². The van der Waals surface area contributed by atoms with Gasteiger partial charge in [0.2, 0.25) is 0 Å². The predicted molar refractivity (Wildman–Crippen MR) is 74.3 cm³/mol. The van der Waals surface area contributed by atoms with Gasteiger partial charge < -0.3 is 9.14 Å². The lowest BCUT2D eigenvalue weighted by atomic mass is 9.87. The van der Waals surface area contributed by atoms with Crippen LogP contribution in [0.1, 0.15) is 37.7 Å². The van der Waals surface area contributed by atoms with Gasteiger partial charge in [-0.05, 0) is 18.4 Å². The number of fused-ring (bicyclic) bond motifs is 1. The van der Waals surface area contributed by atoms with Gasteiger partial charge in [0.15, 0.2) is 0 Å². The molecule has 0 radical (unpaired) electrons. The Bertz CT molecular complexity index is 621. The molecule has 102 valence electrons. The zero-order valence-electron chi connectivity index (χ0n) is 12.2. The summed E-state index contributed by atoms with van der Waals surface area (Å²) in [4.78, 5) is 15.9. The van der Waals surface area contributed by atoms with Gasteiger partial charge in [0.25, 0.3) is 0 Å². The van der Waals surface area contributed by atoms with Gasteiger partial charge in [-0.25, -0.2) is 4.98 Å². The van der Waals surface area contributed by atoms with Crippen molar-refractivity contribution in [3.05, 3.63) is 35.3 Å². The molecule has 2 aromatic heterocycles. The first kappa shape index (κ1) is 13.6. The fraction of sp³-hybridized carbons (Fsp3) is 0.467. The fourth-order valence-electron chi connectivity index (χ4n) is 2.25. The summed E-state index contributed by atoms with van der Waals surface area (Å²) in [6.45, 7) is 8.49. The van der Waals surface area contributed by atoms with Crippen molar-refractivity contribution in [3.8, 4) is 0 Å². The van der Waals surface area contributed by atoms with E-state index >= 15 is 0 Å². The zero-order valence-corrected chi connectivity index (χ0v) is 12.2. The molecule has 0 aliphatic rings. The molecule has 19 heavy (non-hydrogen) atoms. The number of pyridine rings is 1. The monoisotopic (exact) mass is 260 g/mol. The van der Waals surface area contributed by atoms with Crippen LogP contribution in [0, 0.1) is 6.92 Å². The van der Waals surface area contributed by atoms with E-state index in [-0.39, 0.29) is 17.8 Å². The molecular weight excluding hydrogens is 240 g/mol. The lowest BCUT2D eigenvalue weighted by Crippen LogP contribution is -2.14. The number of hydrogen-bond acceptors (Lipinski definition) is 3. The highest BCUT2D eigenvalue weighted by atomic mass is 16.5. The molecular formula is C15H20N2O2. The summed E-state index contributed by atoms with van der Waals surface area (Å²) in [7, 11) is 1.40. The van der Waals surface area contributed by atoms with Crippen molar-refractivity contribution in [2.75, 3.05) is 7.11 Å². The van der Waals surface area contributed by atoms with Gasteiger partial charge in [0.1, 0.15) is 5.65 Å². The van der Waals surface area contributed by atoms with E-state index in [0.29, 0.717) is 0 Å². The lowest BCUT2D eigenvalue weighted by Gasteiger charge is -2.20. The molecule has 4 heteroatoms. The maximum absolute atomic E-state index is 11.5. The molecule has 0 saturated carbocycles. The van der Waals surface area contributed by atoms with Crippen molar-refractivity contribution in [1.82, 2.24) is 9.38 Å². The normalized spacial score (nSPS) is 11.8. The first-order valence-corrected chi connectivity index (χ1v) is 6.38. The predicted octanol–water partition coefficient (Wildman–Crippen LogP) is 2.66. The van der Waals surface area contributed by atoms with Crippen molar-refractivity contribution in [2.24, 2.45) is 0 Å². The molecule has 2 heterocycles. The maximum atomic E-state index is 11.5. The zero-order chi connectivity index (χ0) is 14.2. The summed E-state index contributed by atoms with van der Waals surface area (Å²) in [5.74, 6) is -0.248. The van der Waals surface area contributed by atoms with Gasteiger partial charge in [0, 0.05) is 17.5 Å². The Labute approximate surface area is 113 Å². The number of carbonyl (C=O) groups is 1. The molecule has 0 aromatic carbocycles. The summed E-state index contributed by atoms with van der Waals surface area (Å²) in [5.41, 5.74) is 4.05. The average Bonchev–Trinajstić information content (AvgIpc) is 2.72. The summed E-state index contributed by atoms with van der Waals surface area (Å²) in [6.07, 6.45) is 2.00. The highest BCUT2D eigenvalue weighted by Gasteiger charge is 2.20. The Morgan fingerprint density at radius 1 is 1.37 bits per heavy atom. The quantitative estimate of drug-likeness (QED) is 0.780. The van der Waals surface area contributed by atoms with Crippen molar-refractivity contribution in [2.45, 2.75) is 39.5 Å². The third-order valence-electron chi connectivity index (χ3n) is 3.28. The standard InChI is InChI=1S/C15H20N2O2/c1-10-6-7-12(15(2,3)4)14-16-9-11(17(10)14)8-13(18)19-5/h6-7,9H,8H2,1-5H3. The average molecular weight is 260 g/mol. The highest BCUT2D eigenvalue weighted by Crippen LogP contribution is 2.27. The van der Waals surface area contributed by atoms with Crippen LogP contribution in [0.4, 0.5) is 0 Å². The minimum atomic E-state index is -0.248. The number of ether oxygens (including phenoxy) is 1. The molecule has 0 aliphatic heterocycles. The van der Waals surface area contributed by atoms with Crippen LogP contribution in [-0.2, 0) is 21.4 Å². The first-order chi connectivity index (χ1) is 8.84. The van der Waals surface area contributed by atoms with Crippen LogP contribution in [0.25, 0.3) is 5.65 Å². The molecule has 0 saturated heterocycles. The maximum Gasteiger partial charge on any atom is 0.311 e. The molecule has 0 unspecified atom stereocenters. The van der Waals surface area contributed by atoms with Crippen LogP contribution < -0.4 is 0 Å². The second-order valence-corrected chi connectivity index (χ2v) is 5.80. The van der Waals surface area contributed by atoms with Gasteiger partial charge in [0.05, 0.1) is 19.2 Å². The van der Waals surface area contributed by atoms with E-state index in [2.05, 4.69) is 37.9 Å². The van der Waals surface area contributed by atoms with E-state index in [1.54, 1.807) is 6.20 Å². The highest BCUT2D eigenvalue weighted by molar-refractivity contribution is 5.72. The number of methoxy groups -OCH3 is 1. The van der Waals surface area contributed by atoms with Gasteiger partial charge >= 0.3 is 5.97 Å². The van der Waals surface area contributed by atoms with E-state index in [4.69, 9.17) is 4.74 Å². The smallest absolute Gasteiger partial charge is 0.311 e. The summed E-state index contributed by atoms with van der Waals surface area (Å²) in [5, 5.41) is 0. The molecule has 2 rings (SSSR count). The molecule has 0 N–H and O–H groups in total. The van der Waals surface area contributed by atoms with Gasteiger partial charge in [-0.1, -0.05) is 26.8 Å². The molecule has 0 bridgehead atoms. The molecule has 0 aliphatic carbocycles. The third kappa shape index (κ3) is 2.48. The molecule has 2 aromatic rings. The fourth-order valence-corrected chi connectivity index (χ4v) is 2.25. The first-order valence-electron chi connectivity index (χ1n) is 6.38. The van der Waals surface area contributed by atoms with Crippen molar-refractivity contribution in [3.63, 3.8) is 0 Å². The second-order valence-electron chi connectivity index (χ2n) is 5.80. The van der Waals surface area contributed by atoms with Gasteiger partial charge in [-0.3, -0.25) is 4.79 Å². The second kappa shape index (κ2) is 4.68. The molecule has 0 fully saturated rings. The lowest BCUT2D eigenvalue weighted by molar-refractivity contribution is -0.139. The number of nitrogens with zero attached hydrogens (tertiary/aromatic N) is 2. The topological polar surface area (TPSA) is 43.6 Å². The van der Waals surface area contributed by atoms with Crippen LogP contribution in [0.2, 0.25) is 0 Å². The largest absolute Gasteiger partial charge is 0.469 e. The summed E-state index contributed by atoms with van der Waals surface area (Å²) in [6, 6.07) is 4.18. The Kier molecular flexibility index (Phi) is 3.35. The van der Waals surface area contributed by atoms with E-state index < -0.39 is 0 Å². The number of esters is 1.